The smallest absolute Gasteiger partial charge is 0.149 e. The number of nitriles is 1. The van der Waals surface area contributed by atoms with E-state index < -0.39 is 0 Å². The third kappa shape index (κ3) is 3.34. The van der Waals surface area contributed by atoms with Crippen LogP contribution in [0.3, 0.4) is 0 Å². The maximum Gasteiger partial charge on any atom is 0.149 e. The Morgan fingerprint density at radius 2 is 2.17 bits per heavy atom. The number of benzene rings is 2. The van der Waals surface area contributed by atoms with Crippen LogP contribution >= 0.6 is 15.9 Å². The van der Waals surface area contributed by atoms with Gasteiger partial charge in [-0.05, 0) is 55.8 Å². The molecule has 3 rings (SSSR count). The van der Waals surface area contributed by atoms with Crippen LogP contribution in [0.1, 0.15) is 23.9 Å². The molecule has 0 saturated carbocycles. The van der Waals surface area contributed by atoms with Gasteiger partial charge in [0.1, 0.15) is 17.6 Å². The number of H-pyrrole nitrogens is 1. The van der Waals surface area contributed by atoms with Crippen LogP contribution in [0.25, 0.3) is 22.7 Å². The number of hydrogen-bond donors (Lipinski definition) is 1. The summed E-state index contributed by atoms with van der Waals surface area (Å²) < 4.78 is 6.57. The van der Waals surface area contributed by atoms with E-state index in [1.807, 2.05) is 50.2 Å². The Hall–Kier alpha value is -2.58. The summed E-state index contributed by atoms with van der Waals surface area (Å²) in [7, 11) is 0. The number of aryl methyl sites for hydroxylation is 1. The van der Waals surface area contributed by atoms with Crippen molar-refractivity contribution < 1.29 is 4.74 Å². The predicted octanol–water partition coefficient (Wildman–Crippen LogP) is 5.10. The highest BCUT2D eigenvalue weighted by atomic mass is 79.9. The predicted molar refractivity (Wildman–Crippen MR) is 99.6 cm³/mol. The molecule has 0 saturated heterocycles. The van der Waals surface area contributed by atoms with E-state index in [4.69, 9.17) is 4.74 Å². The molecule has 3 aromatic rings. The van der Waals surface area contributed by atoms with Gasteiger partial charge in [0.25, 0.3) is 0 Å². The summed E-state index contributed by atoms with van der Waals surface area (Å²) in [6, 6.07) is 13.9. The number of fused-ring (bicyclic) bond motifs is 1. The van der Waals surface area contributed by atoms with E-state index in [9.17, 15) is 5.26 Å². The molecule has 2 aromatic carbocycles. The number of hydrogen-bond acceptors (Lipinski definition) is 3. The van der Waals surface area contributed by atoms with Gasteiger partial charge in [0.15, 0.2) is 0 Å². The van der Waals surface area contributed by atoms with E-state index in [2.05, 4.69) is 32.0 Å². The lowest BCUT2D eigenvalue weighted by Crippen LogP contribution is -1.94. The fraction of sp³-hybridized carbons (Fsp3) is 0.158. The second kappa shape index (κ2) is 6.90. The second-order valence-electron chi connectivity index (χ2n) is 5.39. The van der Waals surface area contributed by atoms with Gasteiger partial charge in [0, 0.05) is 10.0 Å². The average Bonchev–Trinajstić information content (AvgIpc) is 2.97. The van der Waals surface area contributed by atoms with Gasteiger partial charge in [-0.1, -0.05) is 22.0 Å². The van der Waals surface area contributed by atoms with Crippen LogP contribution < -0.4 is 4.74 Å². The zero-order valence-electron chi connectivity index (χ0n) is 13.4. The van der Waals surface area contributed by atoms with Crippen molar-refractivity contribution in [3.05, 3.63) is 57.8 Å². The molecule has 5 heteroatoms. The fourth-order valence-electron chi connectivity index (χ4n) is 2.48. The second-order valence-corrected chi connectivity index (χ2v) is 6.31. The molecular weight excluding hydrogens is 366 g/mol. The Morgan fingerprint density at radius 3 is 2.92 bits per heavy atom. The van der Waals surface area contributed by atoms with Crippen LogP contribution in [-0.2, 0) is 0 Å². The molecule has 0 unspecified atom stereocenters. The Kier molecular flexibility index (Phi) is 4.68. The van der Waals surface area contributed by atoms with Crippen LogP contribution in [0.5, 0.6) is 5.75 Å². The molecule has 0 atom stereocenters. The molecular formula is C19H16BrN3O. The number of aromatic nitrogens is 2. The SMILES string of the molecule is CCOc1ccc(Br)cc1/C=C(\C#N)c1nc2ccc(C)cc2[nH]1. The van der Waals surface area contributed by atoms with E-state index in [0.29, 0.717) is 18.0 Å². The van der Waals surface area contributed by atoms with E-state index >= 15 is 0 Å². The van der Waals surface area contributed by atoms with Gasteiger partial charge >= 0.3 is 0 Å². The number of rotatable bonds is 4. The van der Waals surface area contributed by atoms with Crippen molar-refractivity contribution in [2.24, 2.45) is 0 Å². The molecule has 0 radical (unpaired) electrons. The molecule has 0 aliphatic heterocycles. The highest BCUT2D eigenvalue weighted by molar-refractivity contribution is 9.10. The van der Waals surface area contributed by atoms with Gasteiger partial charge < -0.3 is 9.72 Å². The van der Waals surface area contributed by atoms with Crippen molar-refractivity contribution in [2.45, 2.75) is 13.8 Å². The minimum absolute atomic E-state index is 0.461. The molecule has 1 aromatic heterocycles. The highest BCUT2D eigenvalue weighted by Crippen LogP contribution is 2.28. The summed E-state index contributed by atoms with van der Waals surface area (Å²) in [5, 5.41) is 9.58. The summed E-state index contributed by atoms with van der Waals surface area (Å²) in [6.45, 7) is 4.52. The lowest BCUT2D eigenvalue weighted by molar-refractivity contribution is 0.339. The fourth-order valence-corrected chi connectivity index (χ4v) is 2.86. The highest BCUT2D eigenvalue weighted by Gasteiger charge is 2.10. The quantitative estimate of drug-likeness (QED) is 0.639. The van der Waals surface area contributed by atoms with Crippen LogP contribution in [0.4, 0.5) is 0 Å². The van der Waals surface area contributed by atoms with Gasteiger partial charge in [-0.15, -0.1) is 0 Å². The van der Waals surface area contributed by atoms with E-state index in [1.165, 1.54) is 0 Å². The Bertz CT molecular complexity index is 966. The van der Waals surface area contributed by atoms with E-state index in [0.717, 1.165) is 32.4 Å². The Balaban J connectivity index is 2.09. The number of nitrogens with zero attached hydrogens (tertiary/aromatic N) is 2. The third-order valence-electron chi connectivity index (χ3n) is 3.58. The van der Waals surface area contributed by atoms with Crippen LogP contribution in [0.2, 0.25) is 0 Å². The van der Waals surface area contributed by atoms with Crippen LogP contribution in [0, 0.1) is 18.3 Å². The molecule has 0 fully saturated rings. The van der Waals surface area contributed by atoms with Crippen molar-refractivity contribution in [2.75, 3.05) is 6.61 Å². The number of imidazole rings is 1. The maximum atomic E-state index is 9.58. The number of allylic oxidation sites excluding steroid dienone is 1. The van der Waals surface area contributed by atoms with Gasteiger partial charge in [0.2, 0.25) is 0 Å². The number of halogens is 1. The molecule has 0 aliphatic rings. The van der Waals surface area contributed by atoms with E-state index in [1.54, 1.807) is 6.08 Å². The van der Waals surface area contributed by atoms with Gasteiger partial charge in [0.05, 0.1) is 23.2 Å². The largest absolute Gasteiger partial charge is 0.493 e. The first-order valence-corrected chi connectivity index (χ1v) is 8.41. The molecule has 0 amide bonds. The van der Waals surface area contributed by atoms with Crippen LogP contribution in [0.15, 0.2) is 40.9 Å². The molecule has 0 bridgehead atoms. The number of nitrogens with one attached hydrogen (secondary N) is 1. The van der Waals surface area contributed by atoms with E-state index in [-0.39, 0.29) is 0 Å². The summed E-state index contributed by atoms with van der Waals surface area (Å²) in [4.78, 5) is 7.74. The summed E-state index contributed by atoms with van der Waals surface area (Å²) in [6.07, 6.45) is 1.79. The average molecular weight is 382 g/mol. The zero-order chi connectivity index (χ0) is 17.1. The topological polar surface area (TPSA) is 61.7 Å². The van der Waals surface area contributed by atoms with Gasteiger partial charge in [-0.3, -0.25) is 0 Å². The maximum absolute atomic E-state index is 9.58. The van der Waals surface area contributed by atoms with Crippen molar-refractivity contribution in [1.29, 1.82) is 5.26 Å². The Morgan fingerprint density at radius 1 is 1.33 bits per heavy atom. The minimum atomic E-state index is 0.461. The number of aromatic amines is 1. The third-order valence-corrected chi connectivity index (χ3v) is 4.08. The molecule has 24 heavy (non-hydrogen) atoms. The van der Waals surface area contributed by atoms with Crippen LogP contribution in [-0.4, -0.2) is 16.6 Å². The van der Waals surface area contributed by atoms with Crippen molar-refractivity contribution in [3.8, 4) is 11.8 Å². The molecule has 1 N–H and O–H groups in total. The molecule has 1 heterocycles. The molecule has 120 valence electrons. The molecule has 0 spiro atoms. The summed E-state index contributed by atoms with van der Waals surface area (Å²) in [5.74, 6) is 1.29. The van der Waals surface area contributed by atoms with Crippen molar-refractivity contribution in [3.63, 3.8) is 0 Å². The first kappa shape index (κ1) is 16.3. The van der Waals surface area contributed by atoms with Gasteiger partial charge in [-0.25, -0.2) is 4.98 Å². The standard InChI is InChI=1S/C19H16BrN3O/c1-3-24-18-7-5-15(20)10-13(18)9-14(11-21)19-22-16-6-4-12(2)8-17(16)23-19/h4-10H,3H2,1-2H3,(H,22,23)/b14-9+. The number of ether oxygens (including phenoxy) is 1. The zero-order valence-corrected chi connectivity index (χ0v) is 15.0. The minimum Gasteiger partial charge on any atom is -0.493 e. The molecule has 0 aliphatic carbocycles. The van der Waals surface area contributed by atoms with Gasteiger partial charge in [-0.2, -0.15) is 5.26 Å². The monoisotopic (exact) mass is 381 g/mol. The van der Waals surface area contributed by atoms with Crippen molar-refractivity contribution in [1.82, 2.24) is 9.97 Å². The van der Waals surface area contributed by atoms with Crippen molar-refractivity contribution >= 4 is 38.6 Å². The first-order chi connectivity index (χ1) is 11.6. The Labute approximate surface area is 148 Å². The normalized spacial score (nSPS) is 11.5. The lowest BCUT2D eigenvalue weighted by atomic mass is 10.1. The summed E-state index contributed by atoms with van der Waals surface area (Å²) >= 11 is 3.46. The lowest BCUT2D eigenvalue weighted by Gasteiger charge is -2.07. The first-order valence-electron chi connectivity index (χ1n) is 7.61. The summed E-state index contributed by atoms with van der Waals surface area (Å²) in [5.41, 5.74) is 4.20. The molecule has 4 nitrogen and oxygen atoms in total.